The molecule has 4 nitrogen and oxygen atoms in total. The summed E-state index contributed by atoms with van der Waals surface area (Å²) in [5.74, 6) is 0.974. The molecule has 1 unspecified atom stereocenters. The minimum absolute atomic E-state index is 0.260. The van der Waals surface area contributed by atoms with Gasteiger partial charge in [-0.25, -0.2) is 0 Å². The fourth-order valence-corrected chi connectivity index (χ4v) is 3.21. The van der Waals surface area contributed by atoms with Crippen LogP contribution in [0.2, 0.25) is 0 Å². The monoisotopic (exact) mass is 291 g/mol. The molecule has 0 spiro atoms. The number of pyridine rings is 1. The van der Waals surface area contributed by atoms with E-state index in [2.05, 4.69) is 42.9 Å². The summed E-state index contributed by atoms with van der Waals surface area (Å²) in [4.78, 5) is 7.21. The second-order valence-electron chi connectivity index (χ2n) is 7.10. The van der Waals surface area contributed by atoms with Gasteiger partial charge in [-0.2, -0.15) is 0 Å². The molecular weight excluding hydrogens is 262 g/mol. The Labute approximate surface area is 128 Å². The fraction of sp³-hybridized carbons (Fsp3) is 0.706. The molecule has 2 rings (SSSR count). The van der Waals surface area contributed by atoms with Crippen molar-refractivity contribution in [2.75, 3.05) is 26.7 Å². The standard InChI is InChI=1S/C17H29N3O/c1-12-9-19-14(13(2)16(12)21-6)11-20-8-7-18-10-15(20)17(3,4)5/h9,15,18H,7-8,10-11H2,1-6H3. The number of rotatable bonds is 3. The maximum atomic E-state index is 5.53. The smallest absolute Gasteiger partial charge is 0.128 e. The van der Waals surface area contributed by atoms with Gasteiger partial charge in [-0.05, 0) is 19.3 Å². The Kier molecular flexibility index (Phi) is 4.89. The topological polar surface area (TPSA) is 37.4 Å². The summed E-state index contributed by atoms with van der Waals surface area (Å²) in [5.41, 5.74) is 3.67. The lowest BCUT2D eigenvalue weighted by atomic mass is 9.84. The van der Waals surface area contributed by atoms with Crippen LogP contribution in [0.1, 0.15) is 37.6 Å². The Hall–Kier alpha value is -1.13. The third-order valence-corrected chi connectivity index (χ3v) is 4.46. The van der Waals surface area contributed by atoms with Gasteiger partial charge in [0.05, 0.1) is 12.8 Å². The highest BCUT2D eigenvalue weighted by Gasteiger charge is 2.32. The van der Waals surface area contributed by atoms with Crippen LogP contribution < -0.4 is 10.1 Å². The highest BCUT2D eigenvalue weighted by atomic mass is 16.5. The van der Waals surface area contributed by atoms with Crippen LogP contribution in [0.3, 0.4) is 0 Å². The van der Waals surface area contributed by atoms with E-state index in [-0.39, 0.29) is 5.41 Å². The highest BCUT2D eigenvalue weighted by molar-refractivity contribution is 5.41. The summed E-state index contributed by atoms with van der Waals surface area (Å²) in [6.45, 7) is 15.2. The summed E-state index contributed by atoms with van der Waals surface area (Å²) >= 11 is 0. The van der Waals surface area contributed by atoms with Gasteiger partial charge < -0.3 is 10.1 Å². The number of aromatic nitrogens is 1. The molecule has 0 aromatic carbocycles. The molecule has 0 aliphatic carbocycles. The zero-order chi connectivity index (χ0) is 15.6. The van der Waals surface area contributed by atoms with Crippen LogP contribution in [0.15, 0.2) is 6.20 Å². The van der Waals surface area contributed by atoms with Gasteiger partial charge in [0.15, 0.2) is 0 Å². The third-order valence-electron chi connectivity index (χ3n) is 4.46. The molecule has 1 atom stereocenters. The van der Waals surface area contributed by atoms with Gasteiger partial charge in [0, 0.05) is 49.5 Å². The molecule has 1 aliphatic rings. The van der Waals surface area contributed by atoms with E-state index < -0.39 is 0 Å². The van der Waals surface area contributed by atoms with Crippen molar-refractivity contribution in [3.63, 3.8) is 0 Å². The minimum Gasteiger partial charge on any atom is -0.496 e. The van der Waals surface area contributed by atoms with Crippen LogP contribution in [0, 0.1) is 19.3 Å². The zero-order valence-electron chi connectivity index (χ0n) is 14.3. The number of piperazine rings is 1. The van der Waals surface area contributed by atoms with Gasteiger partial charge in [0.25, 0.3) is 0 Å². The lowest BCUT2D eigenvalue weighted by Gasteiger charge is -2.43. The van der Waals surface area contributed by atoms with E-state index in [4.69, 9.17) is 4.74 Å². The zero-order valence-corrected chi connectivity index (χ0v) is 14.3. The first-order valence-corrected chi connectivity index (χ1v) is 7.78. The number of methoxy groups -OCH3 is 1. The van der Waals surface area contributed by atoms with E-state index in [0.717, 1.165) is 43.2 Å². The predicted octanol–water partition coefficient (Wildman–Crippen LogP) is 2.53. The molecule has 1 saturated heterocycles. The first kappa shape index (κ1) is 16.2. The molecule has 21 heavy (non-hydrogen) atoms. The minimum atomic E-state index is 0.260. The van der Waals surface area contributed by atoms with Crippen molar-refractivity contribution in [2.24, 2.45) is 5.41 Å². The van der Waals surface area contributed by atoms with Gasteiger partial charge >= 0.3 is 0 Å². The SMILES string of the molecule is COc1c(C)cnc(CN2CCNCC2C(C)(C)C)c1C. The number of aryl methyl sites for hydroxylation is 1. The number of hydrogen-bond acceptors (Lipinski definition) is 4. The van der Waals surface area contributed by atoms with E-state index >= 15 is 0 Å². The second-order valence-corrected chi connectivity index (χ2v) is 7.10. The lowest BCUT2D eigenvalue weighted by Crippen LogP contribution is -2.56. The van der Waals surface area contributed by atoms with Gasteiger partial charge in [-0.3, -0.25) is 9.88 Å². The number of ether oxygens (including phenoxy) is 1. The highest BCUT2D eigenvalue weighted by Crippen LogP contribution is 2.29. The van der Waals surface area contributed by atoms with Crippen molar-refractivity contribution in [1.82, 2.24) is 15.2 Å². The summed E-state index contributed by atoms with van der Waals surface area (Å²) in [6.07, 6.45) is 1.93. The maximum Gasteiger partial charge on any atom is 0.128 e. The van der Waals surface area contributed by atoms with Gasteiger partial charge in [0.2, 0.25) is 0 Å². The van der Waals surface area contributed by atoms with Crippen molar-refractivity contribution in [2.45, 2.75) is 47.2 Å². The van der Waals surface area contributed by atoms with Crippen molar-refractivity contribution in [3.05, 3.63) is 23.0 Å². The quantitative estimate of drug-likeness (QED) is 0.928. The average Bonchev–Trinajstić information content (AvgIpc) is 2.42. The molecule has 0 bridgehead atoms. The molecule has 1 aromatic rings. The van der Waals surface area contributed by atoms with Crippen molar-refractivity contribution >= 4 is 0 Å². The predicted molar refractivity (Wildman–Crippen MR) is 86.8 cm³/mol. The summed E-state index contributed by atoms with van der Waals surface area (Å²) < 4.78 is 5.53. The molecular formula is C17H29N3O. The molecule has 0 saturated carbocycles. The first-order valence-electron chi connectivity index (χ1n) is 7.78. The van der Waals surface area contributed by atoms with Crippen LogP contribution in [0.5, 0.6) is 5.75 Å². The number of hydrogen-bond donors (Lipinski definition) is 1. The van der Waals surface area contributed by atoms with Crippen LogP contribution in [-0.2, 0) is 6.54 Å². The van der Waals surface area contributed by atoms with E-state index in [1.54, 1.807) is 7.11 Å². The van der Waals surface area contributed by atoms with Crippen molar-refractivity contribution in [1.29, 1.82) is 0 Å². The molecule has 1 aliphatic heterocycles. The summed E-state index contributed by atoms with van der Waals surface area (Å²) in [6, 6.07) is 0.528. The van der Waals surface area contributed by atoms with Crippen LogP contribution >= 0.6 is 0 Å². The van der Waals surface area contributed by atoms with Gasteiger partial charge in [-0.15, -0.1) is 0 Å². The van der Waals surface area contributed by atoms with Gasteiger partial charge in [-0.1, -0.05) is 20.8 Å². The lowest BCUT2D eigenvalue weighted by molar-refractivity contribution is 0.0676. The van der Waals surface area contributed by atoms with Crippen LogP contribution in [-0.4, -0.2) is 42.7 Å². The average molecular weight is 291 g/mol. The van der Waals surface area contributed by atoms with Crippen LogP contribution in [0.4, 0.5) is 0 Å². The van der Waals surface area contributed by atoms with E-state index in [1.165, 1.54) is 5.56 Å². The molecule has 4 heteroatoms. The summed E-state index contributed by atoms with van der Waals surface area (Å²) in [5, 5.41) is 3.52. The largest absolute Gasteiger partial charge is 0.496 e. The van der Waals surface area contributed by atoms with Gasteiger partial charge in [0.1, 0.15) is 5.75 Å². The van der Waals surface area contributed by atoms with Crippen molar-refractivity contribution < 1.29 is 4.74 Å². The Morgan fingerprint density at radius 2 is 2.10 bits per heavy atom. The molecule has 1 fully saturated rings. The fourth-order valence-electron chi connectivity index (χ4n) is 3.21. The molecule has 2 heterocycles. The molecule has 1 aromatic heterocycles. The molecule has 118 valence electrons. The third kappa shape index (κ3) is 3.55. The second kappa shape index (κ2) is 6.32. The Morgan fingerprint density at radius 1 is 1.38 bits per heavy atom. The Bertz CT molecular complexity index is 494. The molecule has 0 amide bonds. The first-order chi connectivity index (χ1) is 9.84. The van der Waals surface area contributed by atoms with Crippen LogP contribution in [0.25, 0.3) is 0 Å². The van der Waals surface area contributed by atoms with E-state index in [9.17, 15) is 0 Å². The Balaban J connectivity index is 2.24. The molecule has 0 radical (unpaired) electrons. The maximum absolute atomic E-state index is 5.53. The number of nitrogens with one attached hydrogen (secondary N) is 1. The molecule has 1 N–H and O–H groups in total. The normalized spacial score (nSPS) is 20.6. The van der Waals surface area contributed by atoms with E-state index in [0.29, 0.717) is 6.04 Å². The number of nitrogens with zero attached hydrogens (tertiary/aromatic N) is 2. The summed E-state index contributed by atoms with van der Waals surface area (Å²) in [7, 11) is 1.74. The van der Waals surface area contributed by atoms with E-state index in [1.807, 2.05) is 13.1 Å². The van der Waals surface area contributed by atoms with Crippen molar-refractivity contribution in [3.8, 4) is 5.75 Å². The Morgan fingerprint density at radius 3 is 2.71 bits per heavy atom.